The maximum absolute atomic E-state index is 4.16. The fraction of sp³-hybridized carbons (Fsp3) is 0.846. The molecule has 0 saturated heterocycles. The van der Waals surface area contributed by atoms with Gasteiger partial charge < -0.3 is 0 Å². The van der Waals surface area contributed by atoms with Crippen molar-refractivity contribution in [1.82, 2.24) is 0 Å². The molecule has 0 aliphatic heterocycles. The van der Waals surface area contributed by atoms with Crippen LogP contribution in [0.2, 0.25) is 0 Å². The zero-order valence-corrected chi connectivity index (χ0v) is 10.6. The summed E-state index contributed by atoms with van der Waals surface area (Å²) in [6.07, 6.45) is 16.8. The van der Waals surface area contributed by atoms with Crippen LogP contribution < -0.4 is 0 Å². The Balaban J connectivity index is 2.91. The third kappa shape index (κ3) is 12.1. The number of allylic oxidation sites excluding steroid dienone is 2. The quantitative estimate of drug-likeness (QED) is 0.295. The molecule has 0 spiro atoms. The van der Waals surface area contributed by atoms with E-state index in [1.807, 2.05) is 0 Å². The van der Waals surface area contributed by atoms with E-state index >= 15 is 0 Å². The summed E-state index contributed by atoms with van der Waals surface area (Å²) in [5.41, 5.74) is 0. The van der Waals surface area contributed by atoms with Crippen LogP contribution in [0.5, 0.6) is 0 Å². The van der Waals surface area contributed by atoms with Gasteiger partial charge in [0.25, 0.3) is 0 Å². The molecule has 0 nitrogen and oxygen atoms in total. The summed E-state index contributed by atoms with van der Waals surface area (Å²) in [5.74, 6) is 0.980. The Hall–Kier alpha value is 0.0900. The van der Waals surface area contributed by atoms with Gasteiger partial charge in [0.1, 0.15) is 0 Å². The molecule has 0 aromatic carbocycles. The Kier molecular flexibility index (Phi) is 13.2. The molecule has 84 valence electrons. The number of hydrogen-bond donors (Lipinski definition) is 1. The second kappa shape index (κ2) is 13.1. The highest BCUT2D eigenvalue weighted by atomic mass is 32.1. The van der Waals surface area contributed by atoms with Gasteiger partial charge in [-0.15, -0.1) is 0 Å². The number of unbranched alkanes of at least 4 members (excludes halogenated alkanes) is 7. The van der Waals surface area contributed by atoms with Crippen LogP contribution in [0.15, 0.2) is 12.2 Å². The van der Waals surface area contributed by atoms with Crippen molar-refractivity contribution in [2.75, 3.05) is 5.75 Å². The lowest BCUT2D eigenvalue weighted by molar-refractivity contribution is 0.592. The van der Waals surface area contributed by atoms with Gasteiger partial charge in [0.2, 0.25) is 0 Å². The van der Waals surface area contributed by atoms with Crippen molar-refractivity contribution in [1.29, 1.82) is 0 Å². The molecule has 0 aliphatic rings. The molecule has 0 fully saturated rings. The lowest BCUT2D eigenvalue weighted by Gasteiger charge is -1.98. The highest BCUT2D eigenvalue weighted by Crippen LogP contribution is 2.08. The Morgan fingerprint density at radius 2 is 1.36 bits per heavy atom. The van der Waals surface area contributed by atoms with Crippen LogP contribution in [0.4, 0.5) is 0 Å². The van der Waals surface area contributed by atoms with E-state index in [2.05, 4.69) is 31.7 Å². The molecule has 0 N–H and O–H groups in total. The molecule has 0 rings (SSSR count). The first-order valence-electron chi connectivity index (χ1n) is 6.17. The molecule has 14 heavy (non-hydrogen) atoms. The smallest absolute Gasteiger partial charge is 0.00633 e. The van der Waals surface area contributed by atoms with E-state index in [4.69, 9.17) is 0 Å². The zero-order valence-electron chi connectivity index (χ0n) is 9.67. The van der Waals surface area contributed by atoms with Gasteiger partial charge in [0.05, 0.1) is 0 Å². The van der Waals surface area contributed by atoms with Crippen LogP contribution in [0.3, 0.4) is 0 Å². The number of rotatable bonds is 10. The molecule has 0 saturated carbocycles. The van der Waals surface area contributed by atoms with Gasteiger partial charge in [-0.05, 0) is 25.0 Å². The maximum atomic E-state index is 4.16. The van der Waals surface area contributed by atoms with E-state index in [1.54, 1.807) is 0 Å². The van der Waals surface area contributed by atoms with Crippen LogP contribution in [-0.2, 0) is 0 Å². The lowest BCUT2D eigenvalue weighted by atomic mass is 10.1. The highest BCUT2D eigenvalue weighted by Gasteiger charge is 1.88. The minimum atomic E-state index is 0.980. The third-order valence-corrected chi connectivity index (χ3v) is 2.69. The summed E-state index contributed by atoms with van der Waals surface area (Å²) in [7, 11) is 0. The summed E-state index contributed by atoms with van der Waals surface area (Å²) < 4.78 is 0. The third-order valence-electron chi connectivity index (χ3n) is 2.44. The fourth-order valence-electron chi connectivity index (χ4n) is 1.53. The lowest BCUT2D eigenvalue weighted by Crippen LogP contribution is -1.79. The van der Waals surface area contributed by atoms with Crippen molar-refractivity contribution >= 4 is 12.6 Å². The van der Waals surface area contributed by atoms with Crippen molar-refractivity contribution in [2.45, 2.75) is 64.7 Å². The van der Waals surface area contributed by atoms with Crippen molar-refractivity contribution in [2.24, 2.45) is 0 Å². The van der Waals surface area contributed by atoms with Crippen molar-refractivity contribution in [3.05, 3.63) is 12.2 Å². The van der Waals surface area contributed by atoms with E-state index in [0.29, 0.717) is 0 Å². The minimum absolute atomic E-state index is 0.980. The molecule has 0 aliphatic carbocycles. The van der Waals surface area contributed by atoms with Crippen molar-refractivity contribution in [3.8, 4) is 0 Å². The summed E-state index contributed by atoms with van der Waals surface area (Å²) in [5, 5.41) is 0. The van der Waals surface area contributed by atoms with Crippen LogP contribution in [-0.4, -0.2) is 5.75 Å². The molecule has 0 aromatic heterocycles. The van der Waals surface area contributed by atoms with E-state index in [9.17, 15) is 0 Å². The molecule has 0 unspecified atom stereocenters. The molecule has 0 heterocycles. The predicted molar refractivity (Wildman–Crippen MR) is 70.2 cm³/mol. The predicted octanol–water partition coefficient (Wildman–Crippen LogP) is 5.00. The van der Waals surface area contributed by atoms with Crippen molar-refractivity contribution in [3.63, 3.8) is 0 Å². The van der Waals surface area contributed by atoms with Crippen molar-refractivity contribution < 1.29 is 0 Å². The minimum Gasteiger partial charge on any atom is -0.179 e. The van der Waals surface area contributed by atoms with Crippen LogP contribution in [0.25, 0.3) is 0 Å². The van der Waals surface area contributed by atoms with Crippen LogP contribution >= 0.6 is 12.6 Å². The average molecular weight is 214 g/mol. The highest BCUT2D eigenvalue weighted by molar-refractivity contribution is 7.80. The monoisotopic (exact) mass is 214 g/mol. The van der Waals surface area contributed by atoms with E-state index in [-0.39, 0.29) is 0 Å². The van der Waals surface area contributed by atoms with Crippen LogP contribution in [0.1, 0.15) is 64.7 Å². The van der Waals surface area contributed by atoms with Gasteiger partial charge in [-0.2, -0.15) is 12.6 Å². The normalized spacial score (nSPS) is 11.3. The summed E-state index contributed by atoms with van der Waals surface area (Å²) in [6.45, 7) is 2.27. The molecule has 0 radical (unpaired) electrons. The number of thiol groups is 1. The molecule has 0 amide bonds. The van der Waals surface area contributed by atoms with Gasteiger partial charge in [-0.3, -0.25) is 0 Å². The Morgan fingerprint density at radius 1 is 0.786 bits per heavy atom. The van der Waals surface area contributed by atoms with Gasteiger partial charge in [-0.1, -0.05) is 57.6 Å². The molecular formula is C13H26S. The molecule has 1 heteroatoms. The first kappa shape index (κ1) is 14.1. The maximum Gasteiger partial charge on any atom is -0.00633 e. The molecule has 0 atom stereocenters. The Labute approximate surface area is 95.6 Å². The van der Waals surface area contributed by atoms with E-state index < -0.39 is 0 Å². The summed E-state index contributed by atoms with van der Waals surface area (Å²) in [4.78, 5) is 0. The van der Waals surface area contributed by atoms with E-state index in [0.717, 1.165) is 12.2 Å². The first-order valence-corrected chi connectivity index (χ1v) is 6.81. The fourth-order valence-corrected chi connectivity index (χ4v) is 1.68. The largest absolute Gasteiger partial charge is 0.179 e. The molecule has 0 aromatic rings. The zero-order chi connectivity index (χ0) is 10.5. The van der Waals surface area contributed by atoms with Gasteiger partial charge in [0, 0.05) is 0 Å². The topological polar surface area (TPSA) is 0 Å². The summed E-state index contributed by atoms with van der Waals surface area (Å²) in [6, 6.07) is 0. The van der Waals surface area contributed by atoms with Gasteiger partial charge in [0.15, 0.2) is 0 Å². The SMILES string of the molecule is CCCCCCCCCC=CCCS. The second-order valence-electron chi connectivity index (χ2n) is 3.89. The Bertz CT molecular complexity index is 118. The Morgan fingerprint density at radius 3 is 2.00 bits per heavy atom. The second-order valence-corrected chi connectivity index (χ2v) is 4.34. The first-order chi connectivity index (χ1) is 6.91. The number of hydrogen-bond acceptors (Lipinski definition) is 1. The van der Waals surface area contributed by atoms with E-state index in [1.165, 1.54) is 51.4 Å². The molecule has 0 bridgehead atoms. The summed E-state index contributed by atoms with van der Waals surface area (Å²) >= 11 is 4.16. The molecular weight excluding hydrogens is 188 g/mol. The average Bonchev–Trinajstić information content (AvgIpc) is 2.21. The van der Waals surface area contributed by atoms with Gasteiger partial charge >= 0.3 is 0 Å². The van der Waals surface area contributed by atoms with Crippen LogP contribution in [0, 0.1) is 0 Å². The van der Waals surface area contributed by atoms with Gasteiger partial charge in [-0.25, -0.2) is 0 Å². The standard InChI is InChI=1S/C13H26S/c1-2-3-4-5-6-7-8-9-10-11-12-13-14/h10-11,14H,2-9,12-13H2,1H3.